The number of aliphatic hydroxyl groups excluding tert-OH is 1. The molecule has 0 radical (unpaired) electrons. The van der Waals surface area contributed by atoms with Gasteiger partial charge in [-0.25, -0.2) is 0 Å². The summed E-state index contributed by atoms with van der Waals surface area (Å²) in [5, 5.41) is 9.97. The minimum absolute atomic E-state index is 0.0778. The van der Waals surface area contributed by atoms with Crippen LogP contribution in [-0.4, -0.2) is 23.4 Å². The van der Waals surface area contributed by atoms with Crippen molar-refractivity contribution in [1.82, 2.24) is 0 Å². The third-order valence-corrected chi connectivity index (χ3v) is 4.34. The first-order valence-electron chi connectivity index (χ1n) is 7.23. The van der Waals surface area contributed by atoms with Gasteiger partial charge in [-0.3, -0.25) is 0 Å². The van der Waals surface area contributed by atoms with Gasteiger partial charge in [-0.15, -0.1) is 0 Å². The van der Waals surface area contributed by atoms with Crippen LogP contribution >= 0.6 is 0 Å². The van der Waals surface area contributed by atoms with Crippen LogP contribution in [0.1, 0.15) is 43.2 Å². The van der Waals surface area contributed by atoms with Crippen LogP contribution in [0.15, 0.2) is 24.3 Å². The molecule has 1 saturated carbocycles. The van der Waals surface area contributed by atoms with Gasteiger partial charge in [0.15, 0.2) is 0 Å². The average molecular weight is 246 g/mol. The molecule has 0 heterocycles. The maximum atomic E-state index is 9.97. The second-order valence-electron chi connectivity index (χ2n) is 5.66. The number of ether oxygens (including phenoxy) is 1. The molecule has 0 saturated heterocycles. The molecule has 1 aromatic rings. The highest BCUT2D eigenvalue weighted by Gasteiger charge is 2.28. The fourth-order valence-electron chi connectivity index (χ4n) is 3.26. The Morgan fingerprint density at radius 3 is 2.61 bits per heavy atom. The lowest BCUT2D eigenvalue weighted by Crippen LogP contribution is -2.37. The van der Waals surface area contributed by atoms with Crippen LogP contribution in [0.3, 0.4) is 0 Å². The summed E-state index contributed by atoms with van der Waals surface area (Å²) in [6.07, 6.45) is 7.65. The Morgan fingerprint density at radius 1 is 1.00 bits per heavy atom. The standard InChI is InChI=1S/C16H22O2/c17-15-7-3-4-8-16(15)18-14-10-9-12-5-1-2-6-13(12)11-14/h1-2,5-6,14-17H,3-4,7-11H2/t14-,15+,16-/m1/s1. The van der Waals surface area contributed by atoms with E-state index in [0.717, 1.165) is 38.5 Å². The Kier molecular flexibility index (Phi) is 3.67. The maximum absolute atomic E-state index is 9.97. The van der Waals surface area contributed by atoms with Crippen LogP contribution in [0.25, 0.3) is 0 Å². The number of rotatable bonds is 2. The topological polar surface area (TPSA) is 29.5 Å². The van der Waals surface area contributed by atoms with Gasteiger partial charge in [0.05, 0.1) is 18.3 Å². The molecule has 18 heavy (non-hydrogen) atoms. The van der Waals surface area contributed by atoms with E-state index in [2.05, 4.69) is 24.3 Å². The van der Waals surface area contributed by atoms with Crippen molar-refractivity contribution >= 4 is 0 Å². The van der Waals surface area contributed by atoms with Gasteiger partial charge in [0.1, 0.15) is 0 Å². The van der Waals surface area contributed by atoms with Gasteiger partial charge < -0.3 is 9.84 Å². The zero-order valence-corrected chi connectivity index (χ0v) is 10.8. The molecule has 1 aromatic carbocycles. The molecule has 2 aliphatic rings. The molecule has 0 spiro atoms. The van der Waals surface area contributed by atoms with E-state index in [9.17, 15) is 5.11 Å². The molecule has 2 nitrogen and oxygen atoms in total. The van der Waals surface area contributed by atoms with E-state index in [4.69, 9.17) is 4.74 Å². The van der Waals surface area contributed by atoms with Crippen molar-refractivity contribution in [2.24, 2.45) is 0 Å². The molecule has 1 fully saturated rings. The molecule has 0 unspecified atom stereocenters. The lowest BCUT2D eigenvalue weighted by molar-refractivity contribution is -0.0967. The molecule has 0 aliphatic heterocycles. The minimum atomic E-state index is -0.240. The van der Waals surface area contributed by atoms with Crippen LogP contribution < -0.4 is 0 Å². The first kappa shape index (κ1) is 12.2. The Morgan fingerprint density at radius 2 is 1.78 bits per heavy atom. The van der Waals surface area contributed by atoms with E-state index in [-0.39, 0.29) is 12.2 Å². The van der Waals surface area contributed by atoms with E-state index in [1.807, 2.05) is 0 Å². The minimum Gasteiger partial charge on any atom is -0.390 e. The van der Waals surface area contributed by atoms with Crippen molar-refractivity contribution in [1.29, 1.82) is 0 Å². The number of hydrogen-bond donors (Lipinski definition) is 1. The second kappa shape index (κ2) is 5.41. The zero-order valence-electron chi connectivity index (χ0n) is 10.8. The molecule has 0 aromatic heterocycles. The Balaban J connectivity index is 1.62. The smallest absolute Gasteiger partial charge is 0.0837 e. The summed E-state index contributed by atoms with van der Waals surface area (Å²) in [6.45, 7) is 0. The highest BCUT2D eigenvalue weighted by molar-refractivity contribution is 5.29. The van der Waals surface area contributed by atoms with Crippen molar-refractivity contribution < 1.29 is 9.84 Å². The lowest BCUT2D eigenvalue weighted by atomic mass is 9.89. The molecular weight excluding hydrogens is 224 g/mol. The lowest BCUT2D eigenvalue weighted by Gasteiger charge is -2.33. The predicted molar refractivity (Wildman–Crippen MR) is 71.6 cm³/mol. The van der Waals surface area contributed by atoms with Gasteiger partial charge in [0.2, 0.25) is 0 Å². The Bertz CT molecular complexity index is 402. The molecule has 3 atom stereocenters. The monoisotopic (exact) mass is 246 g/mol. The van der Waals surface area contributed by atoms with Crippen molar-refractivity contribution in [3.63, 3.8) is 0 Å². The fourth-order valence-corrected chi connectivity index (χ4v) is 3.26. The van der Waals surface area contributed by atoms with Crippen LogP contribution in [-0.2, 0) is 17.6 Å². The van der Waals surface area contributed by atoms with E-state index < -0.39 is 0 Å². The number of hydrogen-bond acceptors (Lipinski definition) is 2. The van der Waals surface area contributed by atoms with Crippen LogP contribution in [0.5, 0.6) is 0 Å². The van der Waals surface area contributed by atoms with Crippen LogP contribution in [0, 0.1) is 0 Å². The maximum Gasteiger partial charge on any atom is 0.0837 e. The highest BCUT2D eigenvalue weighted by atomic mass is 16.5. The largest absolute Gasteiger partial charge is 0.390 e. The molecule has 1 N–H and O–H groups in total. The third-order valence-electron chi connectivity index (χ3n) is 4.34. The molecular formula is C16H22O2. The van der Waals surface area contributed by atoms with E-state index in [1.54, 1.807) is 0 Å². The summed E-state index contributed by atoms with van der Waals surface area (Å²) in [6, 6.07) is 8.66. The highest BCUT2D eigenvalue weighted by Crippen LogP contribution is 2.28. The first-order chi connectivity index (χ1) is 8.83. The van der Waals surface area contributed by atoms with Gasteiger partial charge in [-0.2, -0.15) is 0 Å². The van der Waals surface area contributed by atoms with Gasteiger partial charge in [-0.05, 0) is 43.2 Å². The molecule has 3 rings (SSSR count). The quantitative estimate of drug-likeness (QED) is 0.869. The van der Waals surface area contributed by atoms with E-state index in [1.165, 1.54) is 17.5 Å². The predicted octanol–water partition coefficient (Wildman–Crippen LogP) is 2.86. The molecule has 2 heteroatoms. The zero-order chi connectivity index (χ0) is 12.4. The summed E-state index contributed by atoms with van der Waals surface area (Å²) < 4.78 is 6.15. The molecule has 2 aliphatic carbocycles. The summed E-state index contributed by atoms with van der Waals surface area (Å²) in [7, 11) is 0. The summed E-state index contributed by atoms with van der Waals surface area (Å²) in [5.41, 5.74) is 2.90. The average Bonchev–Trinajstić information content (AvgIpc) is 2.41. The van der Waals surface area contributed by atoms with Gasteiger partial charge in [0.25, 0.3) is 0 Å². The second-order valence-corrected chi connectivity index (χ2v) is 5.66. The van der Waals surface area contributed by atoms with Gasteiger partial charge in [-0.1, -0.05) is 37.1 Å². The Labute approximate surface area is 109 Å². The van der Waals surface area contributed by atoms with Gasteiger partial charge >= 0.3 is 0 Å². The normalized spacial score (nSPS) is 31.9. The van der Waals surface area contributed by atoms with Crippen LogP contribution in [0.4, 0.5) is 0 Å². The van der Waals surface area contributed by atoms with E-state index >= 15 is 0 Å². The third kappa shape index (κ3) is 2.60. The van der Waals surface area contributed by atoms with Crippen LogP contribution in [0.2, 0.25) is 0 Å². The molecule has 0 amide bonds. The summed E-state index contributed by atoms with van der Waals surface area (Å²) in [4.78, 5) is 0. The number of benzene rings is 1. The molecule has 98 valence electrons. The van der Waals surface area contributed by atoms with Crippen molar-refractivity contribution in [3.05, 3.63) is 35.4 Å². The number of aryl methyl sites for hydroxylation is 1. The van der Waals surface area contributed by atoms with Crippen molar-refractivity contribution in [3.8, 4) is 0 Å². The first-order valence-corrected chi connectivity index (χ1v) is 7.23. The molecule has 0 bridgehead atoms. The van der Waals surface area contributed by atoms with Crippen molar-refractivity contribution in [2.45, 2.75) is 63.3 Å². The summed E-state index contributed by atoms with van der Waals surface area (Å²) >= 11 is 0. The fraction of sp³-hybridized carbons (Fsp3) is 0.625. The van der Waals surface area contributed by atoms with E-state index in [0.29, 0.717) is 6.10 Å². The Hall–Kier alpha value is -0.860. The summed E-state index contributed by atoms with van der Waals surface area (Å²) in [5.74, 6) is 0. The van der Waals surface area contributed by atoms with Crippen molar-refractivity contribution in [2.75, 3.05) is 0 Å². The van der Waals surface area contributed by atoms with Gasteiger partial charge in [0, 0.05) is 0 Å². The SMILES string of the molecule is O[C@H]1CCCC[C@H]1O[C@@H]1CCc2ccccc2C1. The number of fused-ring (bicyclic) bond motifs is 1. The number of aliphatic hydroxyl groups is 1.